The maximum absolute atomic E-state index is 10.7. The van der Waals surface area contributed by atoms with E-state index in [0.717, 1.165) is 12.5 Å². The van der Waals surface area contributed by atoms with Crippen molar-refractivity contribution < 1.29 is 29.9 Å². The molecule has 0 spiro atoms. The Labute approximate surface area is 101 Å². The third kappa shape index (κ3) is 6.94. The minimum absolute atomic E-state index is 0.0474. The molecule has 0 N–H and O–H groups in total. The Balaban J connectivity index is 2.28. The van der Waals surface area contributed by atoms with Crippen LogP contribution >= 0.6 is 0 Å². The van der Waals surface area contributed by atoms with Gasteiger partial charge in [0.1, 0.15) is 0 Å². The van der Waals surface area contributed by atoms with Crippen molar-refractivity contribution in [2.24, 2.45) is 0 Å². The Hall–Kier alpha value is -0.220. The van der Waals surface area contributed by atoms with Crippen LogP contribution in [0.15, 0.2) is 0 Å². The molecule has 7 nitrogen and oxygen atoms in total. The van der Waals surface area contributed by atoms with Crippen molar-refractivity contribution in [3.05, 3.63) is 0 Å². The summed E-state index contributed by atoms with van der Waals surface area (Å²) in [5, 5.41) is 0. The van der Waals surface area contributed by atoms with Crippen LogP contribution in [0.5, 0.6) is 0 Å². The maximum Gasteiger partial charge on any atom is 0.264 e. The second-order valence-electron chi connectivity index (χ2n) is 3.93. The van der Waals surface area contributed by atoms with E-state index in [2.05, 4.69) is 8.37 Å². The standard InChI is InChI=1S/C8H16O7S2/c1-16(9,10)13-5-7-3-4-8(15-7)6-14-17(2,11)12/h7-8H,3-6H2,1-2H3/t7-,8-/m1/s1. The lowest BCUT2D eigenvalue weighted by Crippen LogP contribution is -2.22. The highest BCUT2D eigenvalue weighted by Gasteiger charge is 2.27. The molecule has 0 aromatic heterocycles. The fraction of sp³-hybridized carbons (Fsp3) is 1.00. The van der Waals surface area contributed by atoms with Crippen LogP contribution in [0.3, 0.4) is 0 Å². The molecule has 0 radical (unpaired) electrons. The second-order valence-corrected chi connectivity index (χ2v) is 7.22. The molecule has 102 valence electrons. The summed E-state index contributed by atoms with van der Waals surface area (Å²) in [7, 11) is -6.94. The largest absolute Gasteiger partial charge is 0.370 e. The normalized spacial score (nSPS) is 26.2. The Bertz CT molecular complexity index is 396. The van der Waals surface area contributed by atoms with Gasteiger partial charge >= 0.3 is 0 Å². The summed E-state index contributed by atoms with van der Waals surface area (Å²) < 4.78 is 57.5. The van der Waals surface area contributed by atoms with Crippen LogP contribution in [0.4, 0.5) is 0 Å². The van der Waals surface area contributed by atoms with Crippen LogP contribution in [0, 0.1) is 0 Å². The predicted molar refractivity (Wildman–Crippen MR) is 59.5 cm³/mol. The van der Waals surface area contributed by atoms with E-state index in [4.69, 9.17) is 4.74 Å². The molecule has 2 atom stereocenters. The summed E-state index contributed by atoms with van der Waals surface area (Å²) in [5.74, 6) is 0. The second kappa shape index (κ2) is 5.61. The fourth-order valence-electron chi connectivity index (χ4n) is 1.42. The average molecular weight is 288 g/mol. The van der Waals surface area contributed by atoms with Crippen molar-refractivity contribution >= 4 is 20.2 Å². The molecule has 1 saturated heterocycles. The quantitative estimate of drug-likeness (QED) is 0.607. The molecule has 0 aromatic carbocycles. The molecule has 0 amide bonds. The summed E-state index contributed by atoms with van der Waals surface area (Å²) in [6.07, 6.45) is 2.50. The van der Waals surface area contributed by atoms with Gasteiger partial charge in [-0.05, 0) is 12.8 Å². The molecular weight excluding hydrogens is 272 g/mol. The van der Waals surface area contributed by atoms with Crippen LogP contribution in [0.25, 0.3) is 0 Å². The van der Waals surface area contributed by atoms with E-state index >= 15 is 0 Å². The highest BCUT2D eigenvalue weighted by molar-refractivity contribution is 7.86. The molecule has 1 aliphatic heterocycles. The van der Waals surface area contributed by atoms with Gasteiger partial charge < -0.3 is 4.74 Å². The van der Waals surface area contributed by atoms with Gasteiger partial charge in [-0.25, -0.2) is 0 Å². The van der Waals surface area contributed by atoms with Crippen LogP contribution < -0.4 is 0 Å². The SMILES string of the molecule is CS(=O)(=O)OC[C@H]1CC[C@H](COS(C)(=O)=O)O1. The van der Waals surface area contributed by atoms with Crippen molar-refractivity contribution in [1.82, 2.24) is 0 Å². The Morgan fingerprint density at radius 3 is 1.59 bits per heavy atom. The topological polar surface area (TPSA) is 96.0 Å². The third-order valence-electron chi connectivity index (χ3n) is 2.13. The van der Waals surface area contributed by atoms with Gasteiger partial charge in [0.15, 0.2) is 0 Å². The summed E-state index contributed by atoms with van der Waals surface area (Å²) in [6.45, 7) is -0.0948. The maximum atomic E-state index is 10.7. The van der Waals surface area contributed by atoms with Gasteiger partial charge in [0.25, 0.3) is 20.2 Å². The zero-order valence-corrected chi connectivity index (χ0v) is 11.3. The highest BCUT2D eigenvalue weighted by atomic mass is 32.2. The van der Waals surface area contributed by atoms with Gasteiger partial charge in [-0.2, -0.15) is 16.8 Å². The molecule has 0 unspecified atom stereocenters. The Morgan fingerprint density at radius 2 is 1.29 bits per heavy atom. The molecule has 0 aliphatic carbocycles. The zero-order valence-electron chi connectivity index (χ0n) is 9.66. The Morgan fingerprint density at radius 1 is 0.941 bits per heavy atom. The monoisotopic (exact) mass is 288 g/mol. The van der Waals surface area contributed by atoms with E-state index in [1.165, 1.54) is 0 Å². The molecule has 9 heteroatoms. The van der Waals surface area contributed by atoms with E-state index in [-0.39, 0.29) is 25.4 Å². The predicted octanol–water partition coefficient (Wildman–Crippen LogP) is -0.514. The van der Waals surface area contributed by atoms with Crippen LogP contribution in [0.1, 0.15) is 12.8 Å². The lowest BCUT2D eigenvalue weighted by atomic mass is 10.2. The van der Waals surface area contributed by atoms with Gasteiger partial charge in [0.05, 0.1) is 37.9 Å². The minimum atomic E-state index is -3.47. The molecule has 0 saturated carbocycles. The molecule has 17 heavy (non-hydrogen) atoms. The molecule has 1 rings (SSSR count). The molecular formula is C8H16O7S2. The number of hydrogen-bond acceptors (Lipinski definition) is 7. The first-order chi connectivity index (χ1) is 7.66. The summed E-state index contributed by atoms with van der Waals surface area (Å²) in [6, 6.07) is 0. The van der Waals surface area contributed by atoms with Gasteiger partial charge in [-0.1, -0.05) is 0 Å². The van der Waals surface area contributed by atoms with E-state index in [1.54, 1.807) is 0 Å². The number of ether oxygens (including phenoxy) is 1. The Kier molecular flexibility index (Phi) is 4.90. The minimum Gasteiger partial charge on any atom is -0.370 e. The average Bonchev–Trinajstić information content (AvgIpc) is 2.57. The van der Waals surface area contributed by atoms with Crippen molar-refractivity contribution in [2.45, 2.75) is 25.0 Å². The third-order valence-corrected chi connectivity index (χ3v) is 3.26. The fourth-order valence-corrected chi connectivity index (χ4v) is 2.22. The van der Waals surface area contributed by atoms with Gasteiger partial charge in [0, 0.05) is 0 Å². The first-order valence-corrected chi connectivity index (χ1v) is 8.63. The van der Waals surface area contributed by atoms with Crippen LogP contribution in [-0.4, -0.2) is 54.8 Å². The van der Waals surface area contributed by atoms with Crippen LogP contribution in [-0.2, 0) is 33.3 Å². The smallest absolute Gasteiger partial charge is 0.264 e. The molecule has 1 heterocycles. The van der Waals surface area contributed by atoms with Gasteiger partial charge in [0.2, 0.25) is 0 Å². The van der Waals surface area contributed by atoms with E-state index in [0.29, 0.717) is 12.8 Å². The molecule has 1 aliphatic rings. The summed E-state index contributed by atoms with van der Waals surface area (Å²) in [5.41, 5.74) is 0. The van der Waals surface area contributed by atoms with E-state index < -0.39 is 20.2 Å². The van der Waals surface area contributed by atoms with E-state index in [9.17, 15) is 16.8 Å². The first-order valence-electron chi connectivity index (χ1n) is 5.00. The summed E-state index contributed by atoms with van der Waals surface area (Å²) >= 11 is 0. The van der Waals surface area contributed by atoms with Crippen molar-refractivity contribution in [2.75, 3.05) is 25.7 Å². The van der Waals surface area contributed by atoms with Crippen molar-refractivity contribution in [3.63, 3.8) is 0 Å². The van der Waals surface area contributed by atoms with E-state index in [1.807, 2.05) is 0 Å². The lowest BCUT2D eigenvalue weighted by molar-refractivity contribution is 0.000123. The summed E-state index contributed by atoms with van der Waals surface area (Å²) in [4.78, 5) is 0. The van der Waals surface area contributed by atoms with Gasteiger partial charge in [-0.15, -0.1) is 0 Å². The van der Waals surface area contributed by atoms with Crippen molar-refractivity contribution in [1.29, 1.82) is 0 Å². The van der Waals surface area contributed by atoms with Crippen LogP contribution in [0.2, 0.25) is 0 Å². The molecule has 0 aromatic rings. The van der Waals surface area contributed by atoms with Gasteiger partial charge in [-0.3, -0.25) is 8.37 Å². The molecule has 1 fully saturated rings. The number of rotatable bonds is 6. The number of hydrogen-bond donors (Lipinski definition) is 0. The highest BCUT2D eigenvalue weighted by Crippen LogP contribution is 2.20. The van der Waals surface area contributed by atoms with Crippen molar-refractivity contribution in [3.8, 4) is 0 Å². The first kappa shape index (κ1) is 14.8. The zero-order chi connectivity index (χ0) is 13.1. The lowest BCUT2D eigenvalue weighted by Gasteiger charge is -2.12. The molecule has 0 bridgehead atoms.